The maximum atomic E-state index is 11.9. The van der Waals surface area contributed by atoms with E-state index in [1.54, 1.807) is 0 Å². The Hall–Kier alpha value is -2.00. The zero-order valence-corrected chi connectivity index (χ0v) is 10.4. The van der Waals surface area contributed by atoms with Crippen molar-refractivity contribution < 1.29 is 18.3 Å². The molecule has 2 heterocycles. The van der Waals surface area contributed by atoms with E-state index in [4.69, 9.17) is 5.11 Å². The van der Waals surface area contributed by atoms with Gasteiger partial charge in [-0.25, -0.2) is 18.2 Å². The molecule has 0 amide bonds. The summed E-state index contributed by atoms with van der Waals surface area (Å²) in [5, 5.41) is 8.73. The number of aromatic carboxylic acids is 1. The lowest BCUT2D eigenvalue weighted by atomic mass is 10.5. The monoisotopic (exact) mass is 285 g/mol. The second-order valence-corrected chi connectivity index (χ2v) is 6.11. The SMILES string of the molecule is O=C(O)c1ccc(S(=O)(=O)Nc2cnccn2)s1. The van der Waals surface area contributed by atoms with Crippen molar-refractivity contribution in [3.8, 4) is 0 Å². The van der Waals surface area contributed by atoms with Crippen molar-refractivity contribution in [1.82, 2.24) is 9.97 Å². The van der Waals surface area contributed by atoms with E-state index in [0.29, 0.717) is 11.3 Å². The molecule has 94 valence electrons. The highest BCUT2D eigenvalue weighted by molar-refractivity contribution is 7.94. The molecule has 2 rings (SSSR count). The maximum Gasteiger partial charge on any atom is 0.345 e. The van der Waals surface area contributed by atoms with Crippen molar-refractivity contribution in [2.24, 2.45) is 0 Å². The van der Waals surface area contributed by atoms with Crippen molar-refractivity contribution in [1.29, 1.82) is 0 Å². The van der Waals surface area contributed by atoms with Crippen molar-refractivity contribution >= 4 is 33.1 Å². The molecule has 0 fully saturated rings. The Morgan fingerprint density at radius 3 is 2.67 bits per heavy atom. The van der Waals surface area contributed by atoms with Gasteiger partial charge in [-0.05, 0) is 12.1 Å². The Kier molecular flexibility index (Phi) is 3.26. The summed E-state index contributed by atoms with van der Waals surface area (Å²) in [5.41, 5.74) is 0. The van der Waals surface area contributed by atoms with Crippen molar-refractivity contribution in [2.75, 3.05) is 4.72 Å². The van der Waals surface area contributed by atoms with Crippen LogP contribution in [0.2, 0.25) is 0 Å². The molecule has 0 unspecified atom stereocenters. The number of hydrogen-bond acceptors (Lipinski definition) is 6. The van der Waals surface area contributed by atoms with Gasteiger partial charge in [0.2, 0.25) is 0 Å². The van der Waals surface area contributed by atoms with Gasteiger partial charge < -0.3 is 5.11 Å². The summed E-state index contributed by atoms with van der Waals surface area (Å²) in [5.74, 6) is -1.09. The lowest BCUT2D eigenvalue weighted by Crippen LogP contribution is -2.12. The number of rotatable bonds is 4. The van der Waals surface area contributed by atoms with E-state index in [2.05, 4.69) is 14.7 Å². The largest absolute Gasteiger partial charge is 0.477 e. The minimum atomic E-state index is -3.82. The van der Waals surface area contributed by atoms with Crippen LogP contribution in [-0.2, 0) is 10.0 Å². The molecule has 0 aromatic carbocycles. The Morgan fingerprint density at radius 1 is 1.33 bits per heavy atom. The van der Waals surface area contributed by atoms with Crippen LogP contribution in [0.15, 0.2) is 34.9 Å². The van der Waals surface area contributed by atoms with E-state index in [-0.39, 0.29) is 14.9 Å². The van der Waals surface area contributed by atoms with Crippen molar-refractivity contribution in [2.45, 2.75) is 4.21 Å². The first kappa shape index (κ1) is 12.5. The Bertz CT molecular complexity index is 666. The number of sulfonamides is 1. The standard InChI is InChI=1S/C9H7N3O4S2/c13-9(14)6-1-2-8(17-6)18(15,16)12-7-5-10-3-4-11-7/h1-5H,(H,11,12)(H,13,14). The Morgan fingerprint density at radius 2 is 2.11 bits per heavy atom. The van der Waals surface area contributed by atoms with Gasteiger partial charge in [0, 0.05) is 12.4 Å². The number of carboxylic acids is 1. The van der Waals surface area contributed by atoms with Crippen LogP contribution in [0.3, 0.4) is 0 Å². The highest BCUT2D eigenvalue weighted by Crippen LogP contribution is 2.23. The topological polar surface area (TPSA) is 109 Å². The third kappa shape index (κ3) is 2.63. The van der Waals surface area contributed by atoms with Gasteiger partial charge >= 0.3 is 5.97 Å². The van der Waals surface area contributed by atoms with Gasteiger partial charge in [-0.1, -0.05) is 0 Å². The van der Waals surface area contributed by atoms with Gasteiger partial charge in [-0.2, -0.15) is 0 Å². The van der Waals surface area contributed by atoms with Gasteiger partial charge in [0.1, 0.15) is 9.09 Å². The molecule has 18 heavy (non-hydrogen) atoms. The van der Waals surface area contributed by atoms with E-state index in [0.717, 1.165) is 0 Å². The predicted molar refractivity (Wildman–Crippen MR) is 64.1 cm³/mol. The Labute approximate surface area is 106 Å². The smallest absolute Gasteiger partial charge is 0.345 e. The number of nitrogens with zero attached hydrogens (tertiary/aromatic N) is 2. The van der Waals surface area contributed by atoms with Crippen LogP contribution in [0.1, 0.15) is 9.67 Å². The van der Waals surface area contributed by atoms with Crippen molar-refractivity contribution in [3.05, 3.63) is 35.6 Å². The van der Waals surface area contributed by atoms with Crippen molar-refractivity contribution in [3.63, 3.8) is 0 Å². The fourth-order valence-corrected chi connectivity index (χ4v) is 3.26. The zero-order chi connectivity index (χ0) is 13.2. The molecule has 2 aromatic heterocycles. The molecule has 2 N–H and O–H groups in total. The second-order valence-electron chi connectivity index (χ2n) is 3.12. The Balaban J connectivity index is 2.28. The summed E-state index contributed by atoms with van der Waals surface area (Å²) in [4.78, 5) is 18.1. The molecule has 7 nitrogen and oxygen atoms in total. The minimum Gasteiger partial charge on any atom is -0.477 e. The van der Waals surface area contributed by atoms with Crippen LogP contribution in [0.4, 0.5) is 5.82 Å². The molecule has 0 saturated carbocycles. The van der Waals surface area contributed by atoms with Gasteiger partial charge in [-0.15, -0.1) is 11.3 Å². The maximum absolute atomic E-state index is 11.9. The molecular formula is C9H7N3O4S2. The number of hydrogen-bond donors (Lipinski definition) is 2. The average Bonchev–Trinajstić information content (AvgIpc) is 2.79. The summed E-state index contributed by atoms with van der Waals surface area (Å²) in [7, 11) is -3.82. The summed E-state index contributed by atoms with van der Waals surface area (Å²) in [6, 6.07) is 2.46. The molecular weight excluding hydrogens is 278 g/mol. The minimum absolute atomic E-state index is 0.0467. The van der Waals surface area contributed by atoms with E-state index in [9.17, 15) is 13.2 Å². The molecule has 9 heteroatoms. The van der Waals surface area contributed by atoms with Crippen LogP contribution in [0.5, 0.6) is 0 Å². The number of carbonyl (C=O) groups is 1. The van der Waals surface area contributed by atoms with E-state index in [1.807, 2.05) is 0 Å². The highest BCUT2D eigenvalue weighted by atomic mass is 32.2. The molecule has 0 atom stereocenters. The quantitative estimate of drug-likeness (QED) is 0.868. The summed E-state index contributed by atoms with van der Waals surface area (Å²) >= 11 is 0.669. The number of anilines is 1. The lowest BCUT2D eigenvalue weighted by molar-refractivity contribution is 0.0702. The summed E-state index contributed by atoms with van der Waals surface area (Å²) in [6.45, 7) is 0. The second kappa shape index (κ2) is 4.70. The van der Waals surface area contributed by atoms with Crippen LogP contribution in [-0.4, -0.2) is 29.5 Å². The molecule has 0 aliphatic rings. The van der Waals surface area contributed by atoms with Gasteiger partial charge in [0.15, 0.2) is 5.82 Å². The van der Waals surface area contributed by atoms with E-state index in [1.165, 1.54) is 30.7 Å². The van der Waals surface area contributed by atoms with E-state index < -0.39 is 16.0 Å². The fourth-order valence-electron chi connectivity index (χ4n) is 1.12. The van der Waals surface area contributed by atoms with Gasteiger partial charge in [0.05, 0.1) is 6.20 Å². The average molecular weight is 285 g/mol. The van der Waals surface area contributed by atoms with Gasteiger partial charge in [-0.3, -0.25) is 9.71 Å². The first-order chi connectivity index (χ1) is 8.49. The van der Waals surface area contributed by atoms with E-state index >= 15 is 0 Å². The van der Waals surface area contributed by atoms with Crippen LogP contribution in [0, 0.1) is 0 Å². The number of thiophene rings is 1. The fraction of sp³-hybridized carbons (Fsp3) is 0. The normalized spacial score (nSPS) is 11.1. The molecule has 0 bridgehead atoms. The number of aromatic nitrogens is 2. The van der Waals surface area contributed by atoms with Gasteiger partial charge in [0.25, 0.3) is 10.0 Å². The summed E-state index contributed by atoms with van der Waals surface area (Å²) < 4.78 is 25.9. The first-order valence-corrected chi connectivity index (χ1v) is 6.91. The molecule has 0 aliphatic carbocycles. The first-order valence-electron chi connectivity index (χ1n) is 4.61. The highest BCUT2D eigenvalue weighted by Gasteiger charge is 2.19. The molecule has 2 aromatic rings. The zero-order valence-electron chi connectivity index (χ0n) is 8.77. The van der Waals surface area contributed by atoms with Crippen LogP contribution in [0.25, 0.3) is 0 Å². The third-order valence-corrected chi connectivity index (χ3v) is 4.78. The van der Waals surface area contributed by atoms with Crippen LogP contribution < -0.4 is 4.72 Å². The number of nitrogens with one attached hydrogen (secondary N) is 1. The lowest BCUT2D eigenvalue weighted by Gasteiger charge is -2.03. The molecule has 0 spiro atoms. The predicted octanol–water partition coefficient (Wildman–Crippen LogP) is 1.04. The van der Waals surface area contributed by atoms with Crippen LogP contribution >= 0.6 is 11.3 Å². The molecule has 0 aliphatic heterocycles. The molecule has 0 radical (unpaired) electrons. The summed E-state index contributed by atoms with van der Waals surface area (Å²) in [6.07, 6.45) is 4.00. The molecule has 0 saturated heterocycles. The third-order valence-electron chi connectivity index (χ3n) is 1.86. The number of carboxylic acid groups (broad SMARTS) is 1.